The third kappa shape index (κ3) is 2.96. The van der Waals surface area contributed by atoms with Crippen molar-refractivity contribution in [1.29, 1.82) is 0 Å². The number of hydrogen-bond donors (Lipinski definition) is 1. The van der Waals surface area contributed by atoms with E-state index in [2.05, 4.69) is 20.9 Å². The Hall–Kier alpha value is -0.610. The highest BCUT2D eigenvalue weighted by molar-refractivity contribution is 9.10. The maximum Gasteiger partial charge on any atom is 0.216 e. The van der Waals surface area contributed by atoms with E-state index < -0.39 is 0 Å². The van der Waals surface area contributed by atoms with Gasteiger partial charge in [0.1, 0.15) is 0 Å². The van der Waals surface area contributed by atoms with Crippen LogP contribution in [0.25, 0.3) is 0 Å². The summed E-state index contributed by atoms with van der Waals surface area (Å²) in [7, 11) is 0. The first-order valence-electron chi connectivity index (χ1n) is 4.52. The molecule has 1 aromatic heterocycles. The summed E-state index contributed by atoms with van der Waals surface area (Å²) in [5, 5.41) is 8.60. The SMILES string of the molecule is Cc1cc(Br)c(C)nc1OCCCO. The summed E-state index contributed by atoms with van der Waals surface area (Å²) < 4.78 is 6.41. The number of aromatic nitrogens is 1. The number of hydrogen-bond acceptors (Lipinski definition) is 3. The number of aliphatic hydroxyl groups excluding tert-OH is 1. The van der Waals surface area contributed by atoms with Gasteiger partial charge in [-0.25, -0.2) is 4.98 Å². The van der Waals surface area contributed by atoms with Crippen LogP contribution in [0, 0.1) is 13.8 Å². The van der Waals surface area contributed by atoms with Crippen LogP contribution in [0.4, 0.5) is 0 Å². The summed E-state index contributed by atoms with van der Waals surface area (Å²) in [6, 6.07) is 1.98. The van der Waals surface area contributed by atoms with E-state index in [1.54, 1.807) is 0 Å². The molecular weight excluding hydrogens is 246 g/mol. The molecule has 1 N–H and O–H groups in total. The molecule has 0 radical (unpaired) electrons. The number of halogens is 1. The molecule has 0 aliphatic carbocycles. The Balaban J connectivity index is 2.72. The van der Waals surface area contributed by atoms with Crippen LogP contribution < -0.4 is 4.74 Å². The van der Waals surface area contributed by atoms with Gasteiger partial charge in [0.2, 0.25) is 5.88 Å². The molecule has 0 atom stereocenters. The molecule has 0 saturated carbocycles. The maximum absolute atomic E-state index is 8.60. The third-order valence-electron chi connectivity index (χ3n) is 1.84. The number of ether oxygens (including phenoxy) is 1. The van der Waals surface area contributed by atoms with Gasteiger partial charge in [-0.15, -0.1) is 0 Å². The van der Waals surface area contributed by atoms with Crippen molar-refractivity contribution in [2.75, 3.05) is 13.2 Å². The van der Waals surface area contributed by atoms with Crippen molar-refractivity contribution in [2.24, 2.45) is 0 Å². The Kier molecular flexibility index (Phi) is 4.35. The molecular formula is C10H14BrNO2. The lowest BCUT2D eigenvalue weighted by Crippen LogP contribution is -2.03. The second-order valence-electron chi connectivity index (χ2n) is 3.10. The first-order valence-corrected chi connectivity index (χ1v) is 5.32. The lowest BCUT2D eigenvalue weighted by Gasteiger charge is -2.08. The van der Waals surface area contributed by atoms with Gasteiger partial charge in [0.25, 0.3) is 0 Å². The molecule has 4 heteroatoms. The van der Waals surface area contributed by atoms with Gasteiger partial charge in [-0.1, -0.05) is 0 Å². The van der Waals surface area contributed by atoms with E-state index >= 15 is 0 Å². The normalized spacial score (nSPS) is 10.3. The van der Waals surface area contributed by atoms with Gasteiger partial charge in [0, 0.05) is 23.1 Å². The lowest BCUT2D eigenvalue weighted by atomic mass is 10.3. The van der Waals surface area contributed by atoms with Crippen molar-refractivity contribution in [2.45, 2.75) is 20.3 Å². The highest BCUT2D eigenvalue weighted by atomic mass is 79.9. The highest BCUT2D eigenvalue weighted by Gasteiger charge is 2.04. The largest absolute Gasteiger partial charge is 0.477 e. The van der Waals surface area contributed by atoms with E-state index in [0.717, 1.165) is 15.7 Å². The standard InChI is InChI=1S/C10H14BrNO2/c1-7-6-9(11)8(2)12-10(7)14-5-3-4-13/h6,13H,3-5H2,1-2H3. The van der Waals surface area contributed by atoms with Crippen molar-refractivity contribution in [3.05, 3.63) is 21.8 Å². The first-order chi connectivity index (χ1) is 6.65. The Morgan fingerprint density at radius 3 is 2.86 bits per heavy atom. The van der Waals surface area contributed by atoms with Crippen LogP contribution in [-0.2, 0) is 0 Å². The Morgan fingerprint density at radius 2 is 2.21 bits per heavy atom. The van der Waals surface area contributed by atoms with Gasteiger partial charge in [0.15, 0.2) is 0 Å². The number of nitrogens with zero attached hydrogens (tertiary/aromatic N) is 1. The predicted octanol–water partition coefficient (Wildman–Crippen LogP) is 2.22. The van der Waals surface area contributed by atoms with E-state index in [-0.39, 0.29) is 6.61 Å². The molecule has 0 aliphatic rings. The predicted molar refractivity (Wildman–Crippen MR) is 58.6 cm³/mol. The van der Waals surface area contributed by atoms with E-state index in [4.69, 9.17) is 9.84 Å². The number of aliphatic hydroxyl groups is 1. The highest BCUT2D eigenvalue weighted by Crippen LogP contribution is 2.22. The minimum atomic E-state index is 0.147. The minimum Gasteiger partial charge on any atom is -0.477 e. The zero-order valence-corrected chi connectivity index (χ0v) is 9.97. The number of aryl methyl sites for hydroxylation is 2. The van der Waals surface area contributed by atoms with Crippen LogP contribution in [0.15, 0.2) is 10.5 Å². The number of pyridine rings is 1. The van der Waals surface area contributed by atoms with Crippen molar-refractivity contribution in [1.82, 2.24) is 4.98 Å². The molecule has 0 fully saturated rings. The van der Waals surface area contributed by atoms with E-state index in [1.807, 2.05) is 19.9 Å². The van der Waals surface area contributed by atoms with Crippen LogP contribution in [-0.4, -0.2) is 23.3 Å². The van der Waals surface area contributed by atoms with Crippen LogP contribution >= 0.6 is 15.9 Å². The zero-order chi connectivity index (χ0) is 10.6. The topological polar surface area (TPSA) is 42.4 Å². The first kappa shape index (κ1) is 11.5. The summed E-state index contributed by atoms with van der Waals surface area (Å²) in [5.74, 6) is 0.652. The van der Waals surface area contributed by atoms with Crippen molar-refractivity contribution < 1.29 is 9.84 Å². The van der Waals surface area contributed by atoms with Gasteiger partial charge in [-0.05, 0) is 35.8 Å². The summed E-state index contributed by atoms with van der Waals surface area (Å²) in [5.41, 5.74) is 1.91. The Labute approximate surface area is 92.3 Å². The molecule has 3 nitrogen and oxygen atoms in total. The zero-order valence-electron chi connectivity index (χ0n) is 8.38. The lowest BCUT2D eigenvalue weighted by molar-refractivity contribution is 0.228. The van der Waals surface area contributed by atoms with Crippen molar-refractivity contribution >= 4 is 15.9 Å². The average Bonchev–Trinajstić information content (AvgIpc) is 2.14. The molecule has 0 unspecified atom stereocenters. The minimum absolute atomic E-state index is 0.147. The van der Waals surface area contributed by atoms with Crippen LogP contribution in [0.1, 0.15) is 17.7 Å². The smallest absolute Gasteiger partial charge is 0.216 e. The molecule has 0 aromatic carbocycles. The van der Waals surface area contributed by atoms with E-state index in [1.165, 1.54) is 0 Å². The Bertz CT molecular complexity index is 315. The maximum atomic E-state index is 8.60. The van der Waals surface area contributed by atoms with Gasteiger partial charge < -0.3 is 9.84 Å². The third-order valence-corrected chi connectivity index (χ3v) is 2.64. The molecule has 0 amide bonds. The van der Waals surface area contributed by atoms with E-state index in [0.29, 0.717) is 18.9 Å². The fourth-order valence-electron chi connectivity index (χ4n) is 1.03. The summed E-state index contributed by atoms with van der Waals surface area (Å²) in [4.78, 5) is 4.29. The molecule has 1 aromatic rings. The molecule has 1 rings (SSSR count). The Morgan fingerprint density at radius 1 is 1.50 bits per heavy atom. The summed E-state index contributed by atoms with van der Waals surface area (Å²) >= 11 is 3.40. The van der Waals surface area contributed by atoms with Gasteiger partial charge >= 0.3 is 0 Å². The van der Waals surface area contributed by atoms with Crippen molar-refractivity contribution in [3.63, 3.8) is 0 Å². The average molecular weight is 260 g/mol. The monoisotopic (exact) mass is 259 g/mol. The van der Waals surface area contributed by atoms with Crippen molar-refractivity contribution in [3.8, 4) is 5.88 Å². The van der Waals surface area contributed by atoms with Gasteiger partial charge in [-0.3, -0.25) is 0 Å². The second-order valence-corrected chi connectivity index (χ2v) is 3.96. The fraction of sp³-hybridized carbons (Fsp3) is 0.500. The van der Waals surface area contributed by atoms with E-state index in [9.17, 15) is 0 Å². The summed E-state index contributed by atoms with van der Waals surface area (Å²) in [6.07, 6.45) is 0.635. The summed E-state index contributed by atoms with van der Waals surface area (Å²) in [6.45, 7) is 4.52. The number of rotatable bonds is 4. The fourth-order valence-corrected chi connectivity index (χ4v) is 1.46. The van der Waals surface area contributed by atoms with Gasteiger partial charge in [-0.2, -0.15) is 0 Å². The molecule has 0 saturated heterocycles. The van der Waals surface area contributed by atoms with Crippen LogP contribution in [0.3, 0.4) is 0 Å². The quantitative estimate of drug-likeness (QED) is 0.844. The molecule has 0 aliphatic heterocycles. The molecule has 78 valence electrons. The molecule has 0 bridgehead atoms. The van der Waals surface area contributed by atoms with Crippen LogP contribution in [0.5, 0.6) is 5.88 Å². The van der Waals surface area contributed by atoms with Gasteiger partial charge in [0.05, 0.1) is 12.3 Å². The molecule has 0 spiro atoms. The molecule has 14 heavy (non-hydrogen) atoms. The molecule has 1 heterocycles. The van der Waals surface area contributed by atoms with Crippen LogP contribution in [0.2, 0.25) is 0 Å². The second kappa shape index (κ2) is 5.32.